The highest BCUT2D eigenvalue weighted by Crippen LogP contribution is 2.16. The van der Waals surface area contributed by atoms with E-state index in [2.05, 4.69) is 23.5 Å². The molecule has 0 saturated carbocycles. The summed E-state index contributed by atoms with van der Waals surface area (Å²) in [6.07, 6.45) is 0.802. The van der Waals surface area contributed by atoms with Crippen molar-refractivity contribution in [2.75, 3.05) is 26.2 Å². The third-order valence-corrected chi connectivity index (χ3v) is 5.22. The Labute approximate surface area is 128 Å². The van der Waals surface area contributed by atoms with Gasteiger partial charge in [0, 0.05) is 13.1 Å². The highest BCUT2D eigenvalue weighted by atomic mass is 32.2. The maximum atomic E-state index is 12.3. The van der Waals surface area contributed by atoms with E-state index in [-0.39, 0.29) is 0 Å². The number of hydrogen-bond donors (Lipinski definition) is 2. The first-order chi connectivity index (χ1) is 9.94. The van der Waals surface area contributed by atoms with Crippen LogP contribution in [0.3, 0.4) is 0 Å². The molecular weight excluding hydrogens is 286 g/mol. The molecule has 0 aliphatic heterocycles. The van der Waals surface area contributed by atoms with Gasteiger partial charge in [0.25, 0.3) is 0 Å². The van der Waals surface area contributed by atoms with E-state index in [1.165, 1.54) is 0 Å². The summed E-state index contributed by atoms with van der Waals surface area (Å²) >= 11 is 0. The van der Waals surface area contributed by atoms with E-state index >= 15 is 0 Å². The fourth-order valence-corrected chi connectivity index (χ4v) is 3.55. The predicted octanol–water partition coefficient (Wildman–Crippen LogP) is 1.46. The van der Waals surface area contributed by atoms with Gasteiger partial charge in [-0.15, -0.1) is 0 Å². The van der Waals surface area contributed by atoms with Crippen LogP contribution in [-0.2, 0) is 16.6 Å². The molecule has 1 aromatic carbocycles. The Kier molecular flexibility index (Phi) is 7.31. The minimum Gasteiger partial charge on any atom is -0.326 e. The number of benzene rings is 1. The van der Waals surface area contributed by atoms with E-state index in [0.29, 0.717) is 18.0 Å². The lowest BCUT2D eigenvalue weighted by Crippen LogP contribution is -2.30. The predicted molar refractivity (Wildman–Crippen MR) is 86.7 cm³/mol. The van der Waals surface area contributed by atoms with E-state index < -0.39 is 10.0 Å². The van der Waals surface area contributed by atoms with Gasteiger partial charge in [0.1, 0.15) is 0 Å². The lowest BCUT2D eigenvalue weighted by molar-refractivity contribution is 0.300. The van der Waals surface area contributed by atoms with Crippen molar-refractivity contribution in [2.24, 2.45) is 5.73 Å². The first kappa shape index (κ1) is 18.1. The average molecular weight is 313 g/mol. The lowest BCUT2D eigenvalue weighted by atomic mass is 10.1. The Bertz CT molecular complexity index is 540. The second-order valence-corrected chi connectivity index (χ2v) is 6.82. The molecule has 120 valence electrons. The van der Waals surface area contributed by atoms with E-state index in [1.807, 2.05) is 6.07 Å². The molecular formula is C15H27N3O2S. The quantitative estimate of drug-likeness (QED) is 0.677. The molecule has 0 aliphatic carbocycles. The molecule has 0 fully saturated rings. The summed E-state index contributed by atoms with van der Waals surface area (Å²) in [7, 11) is -3.46. The van der Waals surface area contributed by atoms with Crippen LogP contribution in [-0.4, -0.2) is 39.5 Å². The van der Waals surface area contributed by atoms with Crippen LogP contribution in [0.1, 0.15) is 31.4 Å². The maximum absolute atomic E-state index is 12.3. The van der Waals surface area contributed by atoms with Crippen LogP contribution in [0.2, 0.25) is 0 Å². The number of aryl methyl sites for hydroxylation is 1. The van der Waals surface area contributed by atoms with Crippen molar-refractivity contribution in [3.05, 3.63) is 29.3 Å². The second kappa shape index (κ2) is 8.48. The molecule has 0 heterocycles. The lowest BCUT2D eigenvalue weighted by Gasteiger charge is -2.18. The number of rotatable bonds is 9. The van der Waals surface area contributed by atoms with Crippen LogP contribution in [0, 0.1) is 6.92 Å². The minimum atomic E-state index is -3.46. The number of sulfonamides is 1. The topological polar surface area (TPSA) is 75.4 Å². The van der Waals surface area contributed by atoms with Crippen LogP contribution in [0.15, 0.2) is 23.1 Å². The zero-order valence-corrected chi connectivity index (χ0v) is 14.0. The Balaban J connectivity index is 2.65. The van der Waals surface area contributed by atoms with Crippen molar-refractivity contribution in [3.63, 3.8) is 0 Å². The molecule has 0 aromatic heterocycles. The molecule has 0 spiro atoms. The highest BCUT2D eigenvalue weighted by Gasteiger charge is 2.16. The van der Waals surface area contributed by atoms with E-state index in [1.54, 1.807) is 19.1 Å². The molecule has 0 aliphatic rings. The third-order valence-electron chi connectivity index (χ3n) is 3.62. The summed E-state index contributed by atoms with van der Waals surface area (Å²) in [5, 5.41) is 0. The Morgan fingerprint density at radius 2 is 1.90 bits per heavy atom. The average Bonchev–Trinajstić information content (AvgIpc) is 2.47. The van der Waals surface area contributed by atoms with Crippen molar-refractivity contribution < 1.29 is 8.42 Å². The second-order valence-electron chi connectivity index (χ2n) is 5.08. The van der Waals surface area contributed by atoms with Crippen LogP contribution in [0.25, 0.3) is 0 Å². The molecule has 0 bridgehead atoms. The van der Waals surface area contributed by atoms with Crippen LogP contribution < -0.4 is 10.5 Å². The molecule has 3 N–H and O–H groups in total. The first-order valence-corrected chi connectivity index (χ1v) is 8.94. The molecule has 0 amide bonds. The highest BCUT2D eigenvalue weighted by molar-refractivity contribution is 7.89. The summed E-state index contributed by atoms with van der Waals surface area (Å²) < 4.78 is 27.4. The normalized spacial score (nSPS) is 12.0. The van der Waals surface area contributed by atoms with Gasteiger partial charge in [-0.3, -0.25) is 0 Å². The molecule has 0 saturated heterocycles. The van der Waals surface area contributed by atoms with Gasteiger partial charge < -0.3 is 10.6 Å². The Morgan fingerprint density at radius 3 is 2.48 bits per heavy atom. The molecule has 21 heavy (non-hydrogen) atoms. The molecule has 0 atom stereocenters. The van der Waals surface area contributed by atoms with Crippen LogP contribution >= 0.6 is 0 Å². The standard InChI is InChI=1S/C15H27N3O2S/c1-4-18(5-2)10-6-9-17-21(19,20)15-11-14(12-16)8-7-13(15)3/h7-8,11,17H,4-6,9-10,12,16H2,1-3H3. The molecule has 6 heteroatoms. The molecule has 1 aromatic rings. The summed E-state index contributed by atoms with van der Waals surface area (Å²) in [5.74, 6) is 0. The third kappa shape index (κ3) is 5.39. The van der Waals surface area contributed by atoms with Gasteiger partial charge in [-0.1, -0.05) is 26.0 Å². The van der Waals surface area contributed by atoms with E-state index in [0.717, 1.165) is 37.2 Å². The van der Waals surface area contributed by atoms with Gasteiger partial charge in [-0.25, -0.2) is 13.1 Å². The summed E-state index contributed by atoms with van der Waals surface area (Å²) in [6, 6.07) is 5.31. The Morgan fingerprint density at radius 1 is 1.24 bits per heavy atom. The van der Waals surface area contributed by atoms with E-state index in [9.17, 15) is 8.42 Å². The number of hydrogen-bond acceptors (Lipinski definition) is 4. The number of nitrogens with two attached hydrogens (primary N) is 1. The summed E-state index contributed by atoms with van der Waals surface area (Å²) in [6.45, 7) is 9.67. The van der Waals surface area contributed by atoms with E-state index in [4.69, 9.17) is 5.73 Å². The molecule has 0 unspecified atom stereocenters. The zero-order chi connectivity index (χ0) is 15.9. The van der Waals surface area contributed by atoms with Crippen LogP contribution in [0.4, 0.5) is 0 Å². The van der Waals surface area contributed by atoms with Crippen molar-refractivity contribution in [2.45, 2.75) is 38.6 Å². The van der Waals surface area contributed by atoms with Crippen molar-refractivity contribution >= 4 is 10.0 Å². The molecule has 1 rings (SSSR count). The van der Waals surface area contributed by atoms with Crippen molar-refractivity contribution in [1.29, 1.82) is 0 Å². The largest absolute Gasteiger partial charge is 0.326 e. The number of nitrogens with zero attached hydrogens (tertiary/aromatic N) is 1. The van der Waals surface area contributed by atoms with Gasteiger partial charge in [0.15, 0.2) is 0 Å². The first-order valence-electron chi connectivity index (χ1n) is 7.46. The molecule has 5 nitrogen and oxygen atoms in total. The SMILES string of the molecule is CCN(CC)CCCNS(=O)(=O)c1cc(CN)ccc1C. The monoisotopic (exact) mass is 313 g/mol. The summed E-state index contributed by atoms with van der Waals surface area (Å²) in [5.41, 5.74) is 7.14. The van der Waals surface area contributed by atoms with Gasteiger partial charge in [-0.2, -0.15) is 0 Å². The smallest absolute Gasteiger partial charge is 0.240 e. The Hall–Kier alpha value is -0.950. The minimum absolute atomic E-state index is 0.327. The number of nitrogens with one attached hydrogen (secondary N) is 1. The summed E-state index contributed by atoms with van der Waals surface area (Å²) in [4.78, 5) is 2.60. The molecule has 0 radical (unpaired) electrons. The fourth-order valence-electron chi connectivity index (χ4n) is 2.19. The maximum Gasteiger partial charge on any atom is 0.240 e. The zero-order valence-electron chi connectivity index (χ0n) is 13.2. The van der Waals surface area contributed by atoms with Crippen LogP contribution in [0.5, 0.6) is 0 Å². The van der Waals surface area contributed by atoms with Gasteiger partial charge in [-0.05, 0) is 50.2 Å². The van der Waals surface area contributed by atoms with Gasteiger partial charge in [0.2, 0.25) is 10.0 Å². The van der Waals surface area contributed by atoms with Crippen molar-refractivity contribution in [3.8, 4) is 0 Å². The van der Waals surface area contributed by atoms with Gasteiger partial charge in [0.05, 0.1) is 4.90 Å². The van der Waals surface area contributed by atoms with Crippen molar-refractivity contribution in [1.82, 2.24) is 9.62 Å². The fraction of sp³-hybridized carbons (Fsp3) is 0.600. The van der Waals surface area contributed by atoms with Gasteiger partial charge >= 0.3 is 0 Å².